The summed E-state index contributed by atoms with van der Waals surface area (Å²) in [4.78, 5) is 3.55. The molecule has 1 aromatic heterocycles. The monoisotopic (exact) mass is 230 g/mol. The van der Waals surface area contributed by atoms with E-state index in [1.165, 1.54) is 27.7 Å². The van der Waals surface area contributed by atoms with E-state index in [1.54, 1.807) is 0 Å². The molecule has 0 bridgehead atoms. The highest BCUT2D eigenvalue weighted by molar-refractivity contribution is 5.87. The molecule has 0 aliphatic rings. The molecule has 1 heterocycles. The Kier molecular flexibility index (Phi) is 3.85. The van der Waals surface area contributed by atoms with Gasteiger partial charge >= 0.3 is 0 Å². The van der Waals surface area contributed by atoms with Crippen molar-refractivity contribution >= 4 is 10.9 Å². The number of aryl methyl sites for hydroxylation is 2. The van der Waals surface area contributed by atoms with E-state index >= 15 is 0 Å². The van der Waals surface area contributed by atoms with Gasteiger partial charge in [0.15, 0.2) is 0 Å². The number of aromatic amines is 1. The van der Waals surface area contributed by atoms with Crippen molar-refractivity contribution in [3.63, 3.8) is 0 Å². The van der Waals surface area contributed by atoms with Crippen molar-refractivity contribution < 1.29 is 0 Å². The molecule has 92 valence electrons. The maximum absolute atomic E-state index is 3.55. The summed E-state index contributed by atoms with van der Waals surface area (Å²) in [6, 6.07) is 6.62. The molecule has 1 aromatic carbocycles. The summed E-state index contributed by atoms with van der Waals surface area (Å²) in [6.07, 6.45) is 2.19. The molecule has 2 aromatic rings. The zero-order valence-corrected chi connectivity index (χ0v) is 11.1. The van der Waals surface area contributed by atoms with Crippen molar-refractivity contribution in [1.82, 2.24) is 10.3 Å². The molecule has 0 amide bonds. The third-order valence-electron chi connectivity index (χ3n) is 3.42. The second-order valence-corrected chi connectivity index (χ2v) is 4.53. The van der Waals surface area contributed by atoms with Gasteiger partial charge in [0.25, 0.3) is 0 Å². The van der Waals surface area contributed by atoms with Gasteiger partial charge in [-0.2, -0.15) is 0 Å². The van der Waals surface area contributed by atoms with Crippen LogP contribution in [0.3, 0.4) is 0 Å². The van der Waals surface area contributed by atoms with E-state index in [9.17, 15) is 0 Å². The van der Waals surface area contributed by atoms with Crippen molar-refractivity contribution in [3.8, 4) is 0 Å². The first-order chi connectivity index (χ1) is 8.27. The van der Waals surface area contributed by atoms with Crippen molar-refractivity contribution in [3.05, 3.63) is 35.0 Å². The van der Waals surface area contributed by atoms with E-state index in [4.69, 9.17) is 0 Å². The predicted octanol–water partition coefficient (Wildman–Crippen LogP) is 3.19. The van der Waals surface area contributed by atoms with Gasteiger partial charge in [0.2, 0.25) is 0 Å². The normalized spacial score (nSPS) is 11.2. The SMILES string of the molecule is CCNCCc1c(C)[nH]c2c(CC)cccc12. The summed E-state index contributed by atoms with van der Waals surface area (Å²) >= 11 is 0. The van der Waals surface area contributed by atoms with Crippen LogP contribution in [0.25, 0.3) is 10.9 Å². The molecule has 2 N–H and O–H groups in total. The zero-order chi connectivity index (χ0) is 12.3. The van der Waals surface area contributed by atoms with Crippen LogP contribution in [0.15, 0.2) is 18.2 Å². The minimum atomic E-state index is 1.04. The van der Waals surface area contributed by atoms with Crippen LogP contribution in [0.5, 0.6) is 0 Å². The van der Waals surface area contributed by atoms with Crippen LogP contribution in [0.1, 0.15) is 30.7 Å². The quantitative estimate of drug-likeness (QED) is 0.759. The summed E-state index contributed by atoms with van der Waals surface area (Å²) < 4.78 is 0. The molecular formula is C15H22N2. The first-order valence-corrected chi connectivity index (χ1v) is 6.57. The number of likely N-dealkylation sites (N-methyl/N-ethyl adjacent to an activating group) is 1. The fourth-order valence-corrected chi connectivity index (χ4v) is 2.47. The highest BCUT2D eigenvalue weighted by atomic mass is 14.8. The van der Waals surface area contributed by atoms with Gasteiger partial charge < -0.3 is 10.3 Å². The number of rotatable bonds is 5. The maximum Gasteiger partial charge on any atom is 0.0491 e. The molecule has 0 aliphatic carbocycles. The lowest BCUT2D eigenvalue weighted by atomic mass is 10.0. The fraction of sp³-hybridized carbons (Fsp3) is 0.467. The Morgan fingerprint density at radius 2 is 2.06 bits per heavy atom. The number of nitrogens with one attached hydrogen (secondary N) is 2. The summed E-state index contributed by atoms with van der Waals surface area (Å²) in [5.41, 5.74) is 5.54. The number of benzene rings is 1. The molecule has 2 rings (SSSR count). The lowest BCUT2D eigenvalue weighted by molar-refractivity contribution is 0.716. The van der Waals surface area contributed by atoms with Gasteiger partial charge in [-0.3, -0.25) is 0 Å². The van der Waals surface area contributed by atoms with Gasteiger partial charge in [0.05, 0.1) is 0 Å². The molecule has 0 radical (unpaired) electrons. The Balaban J connectivity index is 2.38. The standard InChI is InChI=1S/C15H22N2/c1-4-12-7-6-8-14-13(9-10-16-5-2)11(3)17-15(12)14/h6-8,16-17H,4-5,9-10H2,1-3H3. The van der Waals surface area contributed by atoms with Gasteiger partial charge in [0, 0.05) is 16.6 Å². The average Bonchev–Trinajstić information content (AvgIpc) is 2.66. The lowest BCUT2D eigenvalue weighted by Crippen LogP contribution is -2.16. The third kappa shape index (κ3) is 2.37. The molecule has 0 spiro atoms. The highest BCUT2D eigenvalue weighted by Crippen LogP contribution is 2.25. The molecule has 0 saturated heterocycles. The van der Waals surface area contributed by atoms with Crippen LogP contribution in [0.4, 0.5) is 0 Å². The van der Waals surface area contributed by atoms with Crippen LogP contribution in [0.2, 0.25) is 0 Å². The second kappa shape index (κ2) is 5.37. The molecule has 0 atom stereocenters. The fourth-order valence-electron chi connectivity index (χ4n) is 2.47. The first-order valence-electron chi connectivity index (χ1n) is 6.57. The first kappa shape index (κ1) is 12.2. The molecular weight excluding hydrogens is 208 g/mol. The van der Waals surface area contributed by atoms with Crippen molar-refractivity contribution in [2.75, 3.05) is 13.1 Å². The number of fused-ring (bicyclic) bond motifs is 1. The Morgan fingerprint density at radius 1 is 1.24 bits per heavy atom. The van der Waals surface area contributed by atoms with Crippen LogP contribution in [-0.4, -0.2) is 18.1 Å². The Morgan fingerprint density at radius 3 is 2.76 bits per heavy atom. The van der Waals surface area contributed by atoms with Gasteiger partial charge in [-0.1, -0.05) is 32.0 Å². The van der Waals surface area contributed by atoms with E-state index in [1.807, 2.05) is 0 Å². The molecule has 17 heavy (non-hydrogen) atoms. The summed E-state index contributed by atoms with van der Waals surface area (Å²) in [6.45, 7) is 8.64. The molecule has 2 heteroatoms. The van der Waals surface area contributed by atoms with E-state index < -0.39 is 0 Å². The van der Waals surface area contributed by atoms with Gasteiger partial charge in [-0.05, 0) is 44.0 Å². The molecule has 0 unspecified atom stereocenters. The van der Waals surface area contributed by atoms with Crippen molar-refractivity contribution in [1.29, 1.82) is 0 Å². The van der Waals surface area contributed by atoms with Crippen molar-refractivity contribution in [2.45, 2.75) is 33.6 Å². The third-order valence-corrected chi connectivity index (χ3v) is 3.42. The number of H-pyrrole nitrogens is 1. The van der Waals surface area contributed by atoms with Crippen molar-refractivity contribution in [2.24, 2.45) is 0 Å². The van der Waals surface area contributed by atoms with Crippen LogP contribution >= 0.6 is 0 Å². The van der Waals surface area contributed by atoms with Gasteiger partial charge in [0.1, 0.15) is 0 Å². The van der Waals surface area contributed by atoms with Crippen LogP contribution in [-0.2, 0) is 12.8 Å². The van der Waals surface area contributed by atoms with E-state index in [-0.39, 0.29) is 0 Å². The summed E-state index contributed by atoms with van der Waals surface area (Å²) in [7, 11) is 0. The predicted molar refractivity (Wildman–Crippen MR) is 74.7 cm³/mol. The maximum atomic E-state index is 3.55. The Hall–Kier alpha value is -1.28. The number of para-hydroxylation sites is 1. The molecule has 0 saturated carbocycles. The largest absolute Gasteiger partial charge is 0.358 e. The molecule has 2 nitrogen and oxygen atoms in total. The zero-order valence-electron chi connectivity index (χ0n) is 11.1. The minimum absolute atomic E-state index is 1.04. The minimum Gasteiger partial charge on any atom is -0.358 e. The van der Waals surface area contributed by atoms with Gasteiger partial charge in [-0.25, -0.2) is 0 Å². The molecule has 0 fully saturated rings. The Labute approximate surface area is 103 Å². The average molecular weight is 230 g/mol. The summed E-state index contributed by atoms with van der Waals surface area (Å²) in [5, 5.41) is 4.80. The lowest BCUT2D eigenvalue weighted by Gasteiger charge is -2.03. The smallest absolute Gasteiger partial charge is 0.0491 e. The number of hydrogen-bond donors (Lipinski definition) is 2. The Bertz CT molecular complexity index is 497. The second-order valence-electron chi connectivity index (χ2n) is 4.53. The van der Waals surface area contributed by atoms with E-state index in [0.717, 1.165) is 25.9 Å². The molecule has 0 aliphatic heterocycles. The summed E-state index contributed by atoms with van der Waals surface area (Å²) in [5.74, 6) is 0. The topological polar surface area (TPSA) is 27.8 Å². The van der Waals surface area contributed by atoms with E-state index in [0.29, 0.717) is 0 Å². The van der Waals surface area contributed by atoms with Gasteiger partial charge in [-0.15, -0.1) is 0 Å². The highest BCUT2D eigenvalue weighted by Gasteiger charge is 2.09. The number of aromatic nitrogens is 1. The van der Waals surface area contributed by atoms with Crippen LogP contribution < -0.4 is 5.32 Å². The van der Waals surface area contributed by atoms with Crippen LogP contribution in [0, 0.1) is 6.92 Å². The van der Waals surface area contributed by atoms with E-state index in [2.05, 4.69) is 49.3 Å². The number of hydrogen-bond acceptors (Lipinski definition) is 1.